The standard InChI is InChI=1S/C25H26N4/c1-4-14-29(15-5-1)25-22(16-20-8-2-3-12-23(20)28-25)18-26-17-21-10-6-9-19-11-7-13-27-24(19)21/h2-3,6-13,16,26H,1,4-5,14-15,17-18H2. The molecule has 146 valence electrons. The maximum Gasteiger partial charge on any atom is 0.133 e. The van der Waals surface area contributed by atoms with E-state index >= 15 is 0 Å². The lowest BCUT2D eigenvalue weighted by atomic mass is 10.1. The molecule has 0 atom stereocenters. The molecule has 4 aromatic rings. The van der Waals surface area contributed by atoms with E-state index in [0.29, 0.717) is 0 Å². The van der Waals surface area contributed by atoms with Crippen LogP contribution < -0.4 is 10.2 Å². The number of nitrogens with one attached hydrogen (secondary N) is 1. The van der Waals surface area contributed by atoms with Crippen molar-refractivity contribution in [2.24, 2.45) is 0 Å². The number of rotatable bonds is 5. The van der Waals surface area contributed by atoms with Crippen molar-refractivity contribution in [3.05, 3.63) is 78.0 Å². The normalized spacial score (nSPS) is 14.6. The van der Waals surface area contributed by atoms with Gasteiger partial charge in [-0.05, 0) is 43.0 Å². The van der Waals surface area contributed by atoms with Crippen LogP contribution in [0.2, 0.25) is 0 Å². The first-order valence-corrected chi connectivity index (χ1v) is 10.6. The predicted molar refractivity (Wildman–Crippen MR) is 120 cm³/mol. The summed E-state index contributed by atoms with van der Waals surface area (Å²) in [4.78, 5) is 12.1. The van der Waals surface area contributed by atoms with Gasteiger partial charge in [0.05, 0.1) is 11.0 Å². The van der Waals surface area contributed by atoms with E-state index in [-0.39, 0.29) is 0 Å². The number of hydrogen-bond acceptors (Lipinski definition) is 4. The van der Waals surface area contributed by atoms with Crippen molar-refractivity contribution in [1.29, 1.82) is 0 Å². The third-order valence-corrected chi connectivity index (χ3v) is 5.78. The van der Waals surface area contributed by atoms with Crippen LogP contribution in [0, 0.1) is 0 Å². The molecular formula is C25H26N4. The molecule has 1 fully saturated rings. The van der Waals surface area contributed by atoms with Gasteiger partial charge in [-0.1, -0.05) is 42.5 Å². The van der Waals surface area contributed by atoms with E-state index in [4.69, 9.17) is 4.98 Å². The molecule has 1 N–H and O–H groups in total. The minimum Gasteiger partial charge on any atom is -0.356 e. The highest BCUT2D eigenvalue weighted by Gasteiger charge is 2.17. The van der Waals surface area contributed by atoms with Crippen LogP contribution in [0.1, 0.15) is 30.4 Å². The monoisotopic (exact) mass is 382 g/mol. The molecule has 3 heterocycles. The quantitative estimate of drug-likeness (QED) is 0.524. The van der Waals surface area contributed by atoms with E-state index in [2.05, 4.69) is 69.8 Å². The number of aromatic nitrogens is 2. The first-order chi connectivity index (χ1) is 14.4. The van der Waals surface area contributed by atoms with Gasteiger partial charge in [0.1, 0.15) is 5.82 Å². The van der Waals surface area contributed by atoms with E-state index < -0.39 is 0 Å². The lowest BCUT2D eigenvalue weighted by Gasteiger charge is -2.30. The lowest BCUT2D eigenvalue weighted by Crippen LogP contribution is -2.31. The number of nitrogens with zero attached hydrogens (tertiary/aromatic N) is 3. The molecule has 1 saturated heterocycles. The van der Waals surface area contributed by atoms with Gasteiger partial charge in [0, 0.05) is 48.7 Å². The zero-order valence-corrected chi connectivity index (χ0v) is 16.6. The fourth-order valence-corrected chi connectivity index (χ4v) is 4.30. The van der Waals surface area contributed by atoms with E-state index in [1.165, 1.54) is 41.2 Å². The van der Waals surface area contributed by atoms with Crippen molar-refractivity contribution in [2.75, 3.05) is 18.0 Å². The molecular weight excluding hydrogens is 356 g/mol. The average Bonchev–Trinajstić information content (AvgIpc) is 2.79. The molecule has 0 radical (unpaired) electrons. The molecule has 4 nitrogen and oxygen atoms in total. The molecule has 0 spiro atoms. The summed E-state index contributed by atoms with van der Waals surface area (Å²) in [6.45, 7) is 3.80. The Kier molecular flexibility index (Phi) is 5.10. The molecule has 29 heavy (non-hydrogen) atoms. The van der Waals surface area contributed by atoms with Gasteiger partial charge in [-0.25, -0.2) is 4.98 Å². The smallest absolute Gasteiger partial charge is 0.133 e. The zero-order chi connectivity index (χ0) is 19.5. The number of para-hydroxylation sites is 2. The average molecular weight is 383 g/mol. The molecule has 0 amide bonds. The van der Waals surface area contributed by atoms with Gasteiger partial charge in [0.2, 0.25) is 0 Å². The second kappa shape index (κ2) is 8.18. The lowest BCUT2D eigenvalue weighted by molar-refractivity contribution is 0.570. The SMILES string of the molecule is c1ccc2nc(N3CCCCC3)c(CNCc3cccc4cccnc34)cc2c1. The number of benzene rings is 2. The van der Waals surface area contributed by atoms with Crippen LogP contribution in [-0.2, 0) is 13.1 Å². The van der Waals surface area contributed by atoms with Crippen LogP contribution in [0.15, 0.2) is 66.9 Å². The van der Waals surface area contributed by atoms with Crippen LogP contribution in [0.5, 0.6) is 0 Å². The molecule has 1 aliphatic rings. The highest BCUT2D eigenvalue weighted by Crippen LogP contribution is 2.26. The minimum atomic E-state index is 0.792. The largest absolute Gasteiger partial charge is 0.356 e. The summed E-state index contributed by atoms with van der Waals surface area (Å²) in [6.07, 6.45) is 5.70. The minimum absolute atomic E-state index is 0.792. The van der Waals surface area contributed by atoms with Crippen LogP contribution in [0.25, 0.3) is 21.8 Å². The Balaban J connectivity index is 1.41. The van der Waals surface area contributed by atoms with E-state index in [1.54, 1.807) is 0 Å². The molecule has 0 bridgehead atoms. The maximum atomic E-state index is 5.05. The summed E-state index contributed by atoms with van der Waals surface area (Å²) in [5, 5.41) is 6.04. The van der Waals surface area contributed by atoms with Gasteiger partial charge in [-0.2, -0.15) is 0 Å². The summed E-state index contributed by atoms with van der Waals surface area (Å²) in [7, 11) is 0. The van der Waals surface area contributed by atoms with Gasteiger partial charge in [-0.15, -0.1) is 0 Å². The molecule has 2 aromatic carbocycles. The van der Waals surface area contributed by atoms with Crippen molar-refractivity contribution >= 4 is 27.6 Å². The first kappa shape index (κ1) is 18.1. The Morgan fingerprint density at radius 3 is 2.52 bits per heavy atom. The van der Waals surface area contributed by atoms with Crippen molar-refractivity contribution in [3.63, 3.8) is 0 Å². The number of pyridine rings is 2. The van der Waals surface area contributed by atoms with E-state index in [0.717, 1.165) is 43.0 Å². The third-order valence-electron chi connectivity index (χ3n) is 5.78. The maximum absolute atomic E-state index is 5.05. The summed E-state index contributed by atoms with van der Waals surface area (Å²) in [6, 6.07) is 21.2. The first-order valence-electron chi connectivity index (χ1n) is 10.6. The van der Waals surface area contributed by atoms with Crippen molar-refractivity contribution in [2.45, 2.75) is 32.4 Å². The Hall–Kier alpha value is -2.98. The zero-order valence-electron chi connectivity index (χ0n) is 16.6. The molecule has 5 rings (SSSR count). The van der Waals surface area contributed by atoms with Gasteiger partial charge < -0.3 is 10.2 Å². The van der Waals surface area contributed by atoms with Crippen LogP contribution >= 0.6 is 0 Å². The highest BCUT2D eigenvalue weighted by atomic mass is 15.2. The summed E-state index contributed by atoms with van der Waals surface area (Å²) >= 11 is 0. The topological polar surface area (TPSA) is 41.1 Å². The Bertz CT molecular complexity index is 1130. The number of anilines is 1. The van der Waals surface area contributed by atoms with Gasteiger partial charge in [-0.3, -0.25) is 4.98 Å². The molecule has 0 unspecified atom stereocenters. The van der Waals surface area contributed by atoms with Crippen LogP contribution in [0.3, 0.4) is 0 Å². The molecule has 2 aromatic heterocycles. The predicted octanol–water partition coefficient (Wildman–Crippen LogP) is 5.06. The summed E-state index contributed by atoms with van der Waals surface area (Å²) in [5.41, 5.74) is 4.67. The Labute approximate surface area is 171 Å². The number of fused-ring (bicyclic) bond motifs is 2. The third kappa shape index (κ3) is 3.81. The van der Waals surface area contributed by atoms with Crippen molar-refractivity contribution in [3.8, 4) is 0 Å². The highest BCUT2D eigenvalue weighted by molar-refractivity contribution is 5.82. The Morgan fingerprint density at radius 2 is 1.59 bits per heavy atom. The molecule has 4 heteroatoms. The molecule has 1 aliphatic heterocycles. The van der Waals surface area contributed by atoms with Gasteiger partial charge in [0.25, 0.3) is 0 Å². The van der Waals surface area contributed by atoms with E-state index in [1.807, 2.05) is 12.3 Å². The number of hydrogen-bond donors (Lipinski definition) is 1. The van der Waals surface area contributed by atoms with Crippen molar-refractivity contribution < 1.29 is 0 Å². The second-order valence-electron chi connectivity index (χ2n) is 7.81. The van der Waals surface area contributed by atoms with Crippen LogP contribution in [-0.4, -0.2) is 23.1 Å². The van der Waals surface area contributed by atoms with Gasteiger partial charge in [0.15, 0.2) is 0 Å². The van der Waals surface area contributed by atoms with E-state index in [9.17, 15) is 0 Å². The summed E-state index contributed by atoms with van der Waals surface area (Å²) in [5.74, 6) is 1.15. The number of piperidine rings is 1. The fourth-order valence-electron chi connectivity index (χ4n) is 4.30. The second-order valence-corrected chi connectivity index (χ2v) is 7.81. The van der Waals surface area contributed by atoms with Crippen molar-refractivity contribution in [1.82, 2.24) is 15.3 Å². The summed E-state index contributed by atoms with van der Waals surface area (Å²) < 4.78 is 0. The molecule has 0 saturated carbocycles. The van der Waals surface area contributed by atoms with Gasteiger partial charge >= 0.3 is 0 Å². The molecule has 0 aliphatic carbocycles. The fraction of sp³-hybridized carbons (Fsp3) is 0.280. The van der Waals surface area contributed by atoms with Crippen LogP contribution in [0.4, 0.5) is 5.82 Å². The Morgan fingerprint density at radius 1 is 0.793 bits per heavy atom.